The van der Waals surface area contributed by atoms with Gasteiger partial charge in [0.05, 0.1) is 6.10 Å². The summed E-state index contributed by atoms with van der Waals surface area (Å²) in [5, 5.41) is 0. The van der Waals surface area contributed by atoms with Crippen molar-refractivity contribution in [1.29, 1.82) is 0 Å². The van der Waals surface area contributed by atoms with Gasteiger partial charge >= 0.3 is 5.97 Å². The molecule has 0 aliphatic carbocycles. The smallest absolute Gasteiger partial charge is 0.305 e. The summed E-state index contributed by atoms with van der Waals surface area (Å²) in [7, 11) is 1.61. The van der Waals surface area contributed by atoms with E-state index in [9.17, 15) is 4.79 Å². The Morgan fingerprint density at radius 2 is 1.86 bits per heavy atom. The zero-order chi connectivity index (χ0) is 11.4. The Labute approximate surface area is 86.5 Å². The molecule has 0 aliphatic heterocycles. The lowest BCUT2D eigenvalue weighted by Gasteiger charge is -2.04. The lowest BCUT2D eigenvalue weighted by atomic mass is 10.4. The van der Waals surface area contributed by atoms with Crippen LogP contribution in [-0.4, -0.2) is 32.6 Å². The average molecular weight is 206 g/mol. The third kappa shape index (κ3) is 17.5. The molecule has 0 aromatic heterocycles. The lowest BCUT2D eigenvalue weighted by Crippen LogP contribution is -2.09. The summed E-state index contributed by atoms with van der Waals surface area (Å²) in [6.45, 7) is 8.54. The second-order valence-corrected chi connectivity index (χ2v) is 2.79. The van der Waals surface area contributed by atoms with Crippen LogP contribution in [0.25, 0.3) is 0 Å². The normalized spacial score (nSPS) is 9.29. The van der Waals surface area contributed by atoms with E-state index in [1.165, 1.54) is 0 Å². The predicted octanol–water partition coefficient (Wildman–Crippen LogP) is 1.97. The molecule has 0 aliphatic rings. The van der Waals surface area contributed by atoms with Gasteiger partial charge < -0.3 is 14.2 Å². The fourth-order valence-corrected chi connectivity index (χ4v) is 0.513. The molecular weight excluding hydrogens is 184 g/mol. The van der Waals surface area contributed by atoms with Gasteiger partial charge in [0.25, 0.3) is 0 Å². The van der Waals surface area contributed by atoms with Crippen LogP contribution in [0.4, 0.5) is 0 Å². The van der Waals surface area contributed by atoms with Crippen LogP contribution in [0.5, 0.6) is 0 Å². The standard InChI is InChI=1S/C6H12O2.C4H10O2/c1-4-6(7)8-5(2)3;1-3-6-4-5-2/h5H,4H2,1-3H3;3-4H2,1-2H3. The van der Waals surface area contributed by atoms with Crippen molar-refractivity contribution in [2.45, 2.75) is 40.2 Å². The minimum Gasteiger partial charge on any atom is -0.463 e. The average Bonchev–Trinajstić information content (AvgIpc) is 2.14. The molecule has 0 amide bonds. The number of hydrogen-bond acceptors (Lipinski definition) is 4. The summed E-state index contributed by atoms with van der Waals surface area (Å²) in [5.74, 6) is -0.125. The number of carbonyl (C=O) groups excluding carboxylic acids is 1. The number of hydrogen-bond donors (Lipinski definition) is 0. The summed E-state index contributed by atoms with van der Waals surface area (Å²) in [6.07, 6.45) is 0.500. The maximum atomic E-state index is 10.4. The second-order valence-electron chi connectivity index (χ2n) is 2.79. The first-order valence-electron chi connectivity index (χ1n) is 4.84. The summed E-state index contributed by atoms with van der Waals surface area (Å²) >= 11 is 0. The van der Waals surface area contributed by atoms with Crippen molar-refractivity contribution < 1.29 is 19.0 Å². The van der Waals surface area contributed by atoms with Crippen molar-refractivity contribution >= 4 is 5.97 Å². The zero-order valence-corrected chi connectivity index (χ0v) is 9.83. The van der Waals surface area contributed by atoms with Crippen LogP contribution in [0.2, 0.25) is 0 Å². The largest absolute Gasteiger partial charge is 0.463 e. The molecule has 0 saturated carbocycles. The van der Waals surface area contributed by atoms with Crippen molar-refractivity contribution in [2.75, 3.05) is 20.5 Å². The fourth-order valence-electron chi connectivity index (χ4n) is 0.513. The van der Waals surface area contributed by atoms with Crippen LogP contribution >= 0.6 is 0 Å². The van der Waals surface area contributed by atoms with Gasteiger partial charge in [-0.3, -0.25) is 4.79 Å². The Hall–Kier alpha value is -0.610. The van der Waals surface area contributed by atoms with E-state index in [-0.39, 0.29) is 12.1 Å². The fraction of sp³-hybridized carbons (Fsp3) is 0.900. The first kappa shape index (κ1) is 15.8. The van der Waals surface area contributed by atoms with Gasteiger partial charge in [-0.25, -0.2) is 0 Å². The highest BCUT2D eigenvalue weighted by Gasteiger charge is 1.98. The van der Waals surface area contributed by atoms with Crippen molar-refractivity contribution in [2.24, 2.45) is 0 Å². The highest BCUT2D eigenvalue weighted by atomic mass is 16.7. The third-order valence-electron chi connectivity index (χ3n) is 1.06. The van der Waals surface area contributed by atoms with E-state index in [4.69, 9.17) is 9.47 Å². The molecule has 0 unspecified atom stereocenters. The van der Waals surface area contributed by atoms with E-state index >= 15 is 0 Å². The predicted molar refractivity (Wildman–Crippen MR) is 55.0 cm³/mol. The molecule has 86 valence electrons. The van der Waals surface area contributed by atoms with Crippen molar-refractivity contribution in [3.05, 3.63) is 0 Å². The Kier molecular flexibility index (Phi) is 14.0. The van der Waals surface area contributed by atoms with Crippen molar-refractivity contribution in [1.82, 2.24) is 0 Å². The van der Waals surface area contributed by atoms with E-state index < -0.39 is 0 Å². The number of esters is 1. The number of ether oxygens (including phenoxy) is 3. The molecule has 0 rings (SSSR count). The molecule has 0 N–H and O–H groups in total. The summed E-state index contributed by atoms with van der Waals surface area (Å²) in [4.78, 5) is 10.4. The minimum absolute atomic E-state index is 0.0300. The van der Waals surface area contributed by atoms with Gasteiger partial charge in [0.15, 0.2) is 0 Å². The molecule has 0 fully saturated rings. The lowest BCUT2D eigenvalue weighted by molar-refractivity contribution is -0.146. The van der Waals surface area contributed by atoms with Crippen LogP contribution in [0.15, 0.2) is 0 Å². The molecule has 0 spiro atoms. The van der Waals surface area contributed by atoms with E-state index in [1.807, 2.05) is 20.8 Å². The molecule has 4 heteroatoms. The van der Waals surface area contributed by atoms with E-state index in [1.54, 1.807) is 14.0 Å². The van der Waals surface area contributed by atoms with Crippen molar-refractivity contribution in [3.8, 4) is 0 Å². The molecule has 0 atom stereocenters. The monoisotopic (exact) mass is 206 g/mol. The van der Waals surface area contributed by atoms with Gasteiger partial charge in [0.1, 0.15) is 6.79 Å². The van der Waals surface area contributed by atoms with Crippen molar-refractivity contribution in [3.63, 3.8) is 0 Å². The first-order chi connectivity index (χ1) is 6.58. The van der Waals surface area contributed by atoms with E-state index in [0.717, 1.165) is 6.61 Å². The van der Waals surface area contributed by atoms with E-state index in [2.05, 4.69) is 4.74 Å². The maximum absolute atomic E-state index is 10.4. The first-order valence-corrected chi connectivity index (χ1v) is 4.84. The molecular formula is C10H22O4. The van der Waals surface area contributed by atoms with E-state index in [0.29, 0.717) is 13.2 Å². The minimum atomic E-state index is -0.125. The molecule has 0 heterocycles. The molecule has 4 nitrogen and oxygen atoms in total. The Morgan fingerprint density at radius 1 is 1.29 bits per heavy atom. The molecule has 0 aromatic carbocycles. The molecule has 0 radical (unpaired) electrons. The van der Waals surface area contributed by atoms with Crippen LogP contribution in [0.3, 0.4) is 0 Å². The quantitative estimate of drug-likeness (QED) is 0.392. The Morgan fingerprint density at radius 3 is 2.00 bits per heavy atom. The van der Waals surface area contributed by atoms with Gasteiger partial charge in [0, 0.05) is 20.1 Å². The number of rotatable bonds is 5. The van der Waals surface area contributed by atoms with Gasteiger partial charge in [-0.2, -0.15) is 0 Å². The molecule has 0 saturated heterocycles. The zero-order valence-electron chi connectivity index (χ0n) is 9.83. The van der Waals surface area contributed by atoms with Gasteiger partial charge in [-0.05, 0) is 20.8 Å². The Balaban J connectivity index is 0. The topological polar surface area (TPSA) is 44.8 Å². The maximum Gasteiger partial charge on any atom is 0.305 e. The second kappa shape index (κ2) is 12.4. The van der Waals surface area contributed by atoms with Crippen LogP contribution < -0.4 is 0 Å². The van der Waals surface area contributed by atoms with Gasteiger partial charge in [-0.15, -0.1) is 0 Å². The SMILES string of the molecule is CCC(=O)OC(C)C.CCOCOC. The Bertz CT molecular complexity index is 119. The highest BCUT2D eigenvalue weighted by Crippen LogP contribution is 1.90. The summed E-state index contributed by atoms with van der Waals surface area (Å²) in [5.41, 5.74) is 0. The highest BCUT2D eigenvalue weighted by molar-refractivity contribution is 5.68. The third-order valence-corrected chi connectivity index (χ3v) is 1.06. The molecule has 14 heavy (non-hydrogen) atoms. The van der Waals surface area contributed by atoms with Gasteiger partial charge in [0.2, 0.25) is 0 Å². The number of methoxy groups -OCH3 is 1. The molecule has 0 aromatic rings. The molecule has 0 bridgehead atoms. The van der Waals surface area contributed by atoms with Crippen LogP contribution in [-0.2, 0) is 19.0 Å². The van der Waals surface area contributed by atoms with Crippen LogP contribution in [0, 0.1) is 0 Å². The number of carbonyl (C=O) groups is 1. The van der Waals surface area contributed by atoms with Crippen LogP contribution in [0.1, 0.15) is 34.1 Å². The summed E-state index contributed by atoms with van der Waals surface area (Å²) < 4.78 is 14.1. The summed E-state index contributed by atoms with van der Waals surface area (Å²) in [6, 6.07) is 0. The van der Waals surface area contributed by atoms with Gasteiger partial charge in [-0.1, -0.05) is 6.92 Å².